The molecule has 2 aromatic rings. The SMILES string of the molecule is CCCNC(Cc1nccs1)c1ccc(F)cc1Cl. The molecule has 2 rings (SSSR count). The summed E-state index contributed by atoms with van der Waals surface area (Å²) in [5.74, 6) is -0.308. The topological polar surface area (TPSA) is 24.9 Å². The summed E-state index contributed by atoms with van der Waals surface area (Å²) >= 11 is 7.77. The van der Waals surface area contributed by atoms with Crippen molar-refractivity contribution in [2.24, 2.45) is 0 Å². The van der Waals surface area contributed by atoms with Crippen LogP contribution in [0.4, 0.5) is 4.39 Å². The van der Waals surface area contributed by atoms with Crippen LogP contribution in [0.1, 0.15) is 30.0 Å². The summed E-state index contributed by atoms with van der Waals surface area (Å²) in [4.78, 5) is 4.30. The molecule has 5 heteroatoms. The first-order chi connectivity index (χ1) is 9.20. The Morgan fingerprint density at radius 3 is 2.95 bits per heavy atom. The number of rotatable bonds is 6. The van der Waals surface area contributed by atoms with Crippen molar-refractivity contribution in [1.29, 1.82) is 0 Å². The van der Waals surface area contributed by atoms with E-state index in [1.54, 1.807) is 23.6 Å². The lowest BCUT2D eigenvalue weighted by molar-refractivity contribution is 0.527. The Labute approximate surface area is 121 Å². The third-order valence-electron chi connectivity index (χ3n) is 2.84. The molecule has 0 saturated carbocycles. The minimum atomic E-state index is -0.308. The van der Waals surface area contributed by atoms with Crippen LogP contribution in [-0.4, -0.2) is 11.5 Å². The van der Waals surface area contributed by atoms with Gasteiger partial charge >= 0.3 is 0 Å². The average Bonchev–Trinajstić information content (AvgIpc) is 2.88. The summed E-state index contributed by atoms with van der Waals surface area (Å²) < 4.78 is 13.1. The molecule has 0 saturated heterocycles. The number of nitrogens with zero attached hydrogens (tertiary/aromatic N) is 1. The number of benzene rings is 1. The lowest BCUT2D eigenvalue weighted by atomic mass is 10.0. The lowest BCUT2D eigenvalue weighted by Gasteiger charge is -2.19. The molecule has 0 amide bonds. The van der Waals surface area contributed by atoms with Gasteiger partial charge in [-0.3, -0.25) is 0 Å². The number of hydrogen-bond donors (Lipinski definition) is 1. The summed E-state index contributed by atoms with van der Waals surface area (Å²) in [6, 6.07) is 4.63. The van der Waals surface area contributed by atoms with Gasteiger partial charge in [0.2, 0.25) is 0 Å². The van der Waals surface area contributed by atoms with E-state index in [4.69, 9.17) is 11.6 Å². The predicted molar refractivity (Wildman–Crippen MR) is 78.3 cm³/mol. The van der Waals surface area contributed by atoms with E-state index >= 15 is 0 Å². The van der Waals surface area contributed by atoms with Gasteiger partial charge < -0.3 is 5.32 Å². The van der Waals surface area contributed by atoms with Gasteiger partial charge in [-0.1, -0.05) is 24.6 Å². The molecule has 1 unspecified atom stereocenters. The molecule has 1 heterocycles. The van der Waals surface area contributed by atoms with Gasteiger partial charge in [0.15, 0.2) is 0 Å². The van der Waals surface area contributed by atoms with Gasteiger partial charge in [-0.2, -0.15) is 0 Å². The average molecular weight is 299 g/mol. The molecule has 0 aliphatic heterocycles. The Bertz CT molecular complexity index is 516. The van der Waals surface area contributed by atoms with Gasteiger partial charge in [-0.25, -0.2) is 9.37 Å². The third-order valence-corrected chi connectivity index (χ3v) is 3.97. The van der Waals surface area contributed by atoms with Crippen molar-refractivity contribution >= 4 is 22.9 Å². The van der Waals surface area contributed by atoms with E-state index in [-0.39, 0.29) is 11.9 Å². The van der Waals surface area contributed by atoms with Gasteiger partial charge in [0.1, 0.15) is 5.82 Å². The van der Waals surface area contributed by atoms with Crippen LogP contribution in [0.5, 0.6) is 0 Å². The van der Waals surface area contributed by atoms with Crippen LogP contribution in [0.25, 0.3) is 0 Å². The van der Waals surface area contributed by atoms with E-state index in [1.807, 2.05) is 5.38 Å². The van der Waals surface area contributed by atoms with Crippen LogP contribution in [0, 0.1) is 5.82 Å². The number of thiazole rings is 1. The maximum Gasteiger partial charge on any atom is 0.124 e. The first kappa shape index (κ1) is 14.4. The van der Waals surface area contributed by atoms with Crippen molar-refractivity contribution in [2.45, 2.75) is 25.8 Å². The molecule has 19 heavy (non-hydrogen) atoms. The van der Waals surface area contributed by atoms with E-state index in [2.05, 4.69) is 17.2 Å². The van der Waals surface area contributed by atoms with Crippen molar-refractivity contribution < 1.29 is 4.39 Å². The second-order valence-corrected chi connectivity index (χ2v) is 5.69. The standard InChI is InChI=1S/C14H16ClFN2S/c1-2-5-17-13(9-14-18-6-7-19-14)11-4-3-10(16)8-12(11)15/h3-4,6-8,13,17H,2,5,9H2,1H3. The highest BCUT2D eigenvalue weighted by molar-refractivity contribution is 7.09. The zero-order valence-electron chi connectivity index (χ0n) is 10.7. The Morgan fingerprint density at radius 2 is 2.32 bits per heavy atom. The second-order valence-electron chi connectivity index (χ2n) is 4.30. The van der Waals surface area contributed by atoms with Crippen molar-refractivity contribution in [3.63, 3.8) is 0 Å². The van der Waals surface area contributed by atoms with E-state index in [9.17, 15) is 4.39 Å². The van der Waals surface area contributed by atoms with Crippen LogP contribution in [0.15, 0.2) is 29.8 Å². The van der Waals surface area contributed by atoms with E-state index in [1.165, 1.54) is 12.1 Å². The highest BCUT2D eigenvalue weighted by atomic mass is 35.5. The molecule has 102 valence electrons. The van der Waals surface area contributed by atoms with Crippen LogP contribution in [-0.2, 0) is 6.42 Å². The first-order valence-corrected chi connectivity index (χ1v) is 7.53. The number of halogens is 2. The molecule has 0 aliphatic rings. The van der Waals surface area contributed by atoms with Gasteiger partial charge in [-0.15, -0.1) is 11.3 Å². The Kier molecular flexibility index (Phi) is 5.31. The van der Waals surface area contributed by atoms with Crippen LogP contribution >= 0.6 is 22.9 Å². The van der Waals surface area contributed by atoms with Crippen molar-refractivity contribution in [2.75, 3.05) is 6.54 Å². The Balaban J connectivity index is 2.20. The van der Waals surface area contributed by atoms with Crippen molar-refractivity contribution in [3.05, 3.63) is 51.2 Å². The highest BCUT2D eigenvalue weighted by Crippen LogP contribution is 2.27. The molecule has 1 atom stereocenters. The largest absolute Gasteiger partial charge is 0.310 e. The van der Waals surface area contributed by atoms with Gasteiger partial charge in [0, 0.05) is 29.1 Å². The molecule has 1 aromatic carbocycles. The van der Waals surface area contributed by atoms with Crippen molar-refractivity contribution in [1.82, 2.24) is 10.3 Å². The van der Waals surface area contributed by atoms with Crippen LogP contribution in [0.2, 0.25) is 5.02 Å². The molecule has 0 aliphatic carbocycles. The molecular weight excluding hydrogens is 283 g/mol. The molecular formula is C14H16ClFN2S. The smallest absolute Gasteiger partial charge is 0.124 e. The highest BCUT2D eigenvalue weighted by Gasteiger charge is 2.16. The Hall–Kier alpha value is -0.970. The zero-order valence-corrected chi connectivity index (χ0v) is 12.3. The predicted octanol–water partition coefficient (Wildman–Crippen LogP) is 4.22. The quantitative estimate of drug-likeness (QED) is 0.864. The number of aromatic nitrogens is 1. The normalized spacial score (nSPS) is 12.6. The second kappa shape index (κ2) is 6.98. The van der Waals surface area contributed by atoms with E-state index in [0.29, 0.717) is 5.02 Å². The van der Waals surface area contributed by atoms with Gasteiger partial charge in [-0.05, 0) is 30.7 Å². The Morgan fingerprint density at radius 1 is 1.47 bits per heavy atom. The molecule has 0 spiro atoms. The molecule has 2 nitrogen and oxygen atoms in total. The summed E-state index contributed by atoms with van der Waals surface area (Å²) in [6.45, 7) is 3.00. The van der Waals surface area contributed by atoms with Crippen LogP contribution in [0.3, 0.4) is 0 Å². The van der Waals surface area contributed by atoms with Gasteiger partial charge in [0.05, 0.1) is 5.01 Å². The first-order valence-electron chi connectivity index (χ1n) is 6.27. The fraction of sp³-hybridized carbons (Fsp3) is 0.357. The molecule has 0 fully saturated rings. The minimum absolute atomic E-state index is 0.0687. The zero-order chi connectivity index (χ0) is 13.7. The fourth-order valence-electron chi connectivity index (χ4n) is 1.92. The summed E-state index contributed by atoms with van der Waals surface area (Å²) in [6.07, 6.45) is 3.60. The molecule has 1 N–H and O–H groups in total. The van der Waals surface area contributed by atoms with Crippen molar-refractivity contribution in [3.8, 4) is 0 Å². The summed E-state index contributed by atoms with van der Waals surface area (Å²) in [5, 5.41) is 6.91. The third kappa shape index (κ3) is 4.00. The maximum absolute atomic E-state index is 13.1. The van der Waals surface area contributed by atoms with E-state index in [0.717, 1.165) is 30.0 Å². The molecule has 0 bridgehead atoms. The van der Waals surface area contributed by atoms with Crippen LogP contribution < -0.4 is 5.32 Å². The van der Waals surface area contributed by atoms with E-state index < -0.39 is 0 Å². The maximum atomic E-state index is 13.1. The minimum Gasteiger partial charge on any atom is -0.310 e. The summed E-state index contributed by atoms with van der Waals surface area (Å²) in [7, 11) is 0. The fourth-order valence-corrected chi connectivity index (χ4v) is 2.89. The van der Waals surface area contributed by atoms with Gasteiger partial charge in [0.25, 0.3) is 0 Å². The summed E-state index contributed by atoms with van der Waals surface area (Å²) in [5.41, 5.74) is 0.923. The monoisotopic (exact) mass is 298 g/mol. The molecule has 1 aromatic heterocycles. The molecule has 0 radical (unpaired) electrons. The number of hydrogen-bond acceptors (Lipinski definition) is 3. The number of nitrogens with one attached hydrogen (secondary N) is 1. The lowest BCUT2D eigenvalue weighted by Crippen LogP contribution is -2.24.